The molecule has 1 aromatic heterocycles. The van der Waals surface area contributed by atoms with Crippen molar-refractivity contribution in [2.45, 2.75) is 6.92 Å². The fraction of sp³-hybridized carbons (Fsp3) is 0.231. The minimum Gasteiger partial charge on any atom is -0.497 e. The molecule has 20 heavy (non-hydrogen) atoms. The monoisotopic (exact) mass is 318 g/mol. The first-order valence-electron chi connectivity index (χ1n) is 5.44. The standard InChI is InChI=1S/C13H14N2O3.2ClH/c1-9-4-5-14-15(13(9)16)10-6-11(17-2)8-12(7-10)18-3;;/h4-8H,1-3H3;2*1H. The highest BCUT2D eigenvalue weighted by molar-refractivity contribution is 5.85. The summed E-state index contributed by atoms with van der Waals surface area (Å²) in [6.45, 7) is 1.75. The van der Waals surface area contributed by atoms with Gasteiger partial charge in [-0.3, -0.25) is 4.79 Å². The number of hydrogen-bond acceptors (Lipinski definition) is 4. The van der Waals surface area contributed by atoms with Gasteiger partial charge in [0.1, 0.15) is 11.5 Å². The lowest BCUT2D eigenvalue weighted by molar-refractivity contribution is 0.393. The molecule has 0 saturated heterocycles. The molecular formula is C13H16Cl2N2O3. The van der Waals surface area contributed by atoms with Crippen LogP contribution in [0.25, 0.3) is 5.69 Å². The van der Waals surface area contributed by atoms with Crippen LogP contribution in [0.1, 0.15) is 5.56 Å². The summed E-state index contributed by atoms with van der Waals surface area (Å²) in [5.74, 6) is 1.22. The SMILES string of the molecule is COc1cc(OC)cc(-n2nccc(C)c2=O)c1.Cl.Cl. The van der Waals surface area contributed by atoms with Crippen LogP contribution in [0.3, 0.4) is 0 Å². The van der Waals surface area contributed by atoms with E-state index in [0.717, 1.165) is 0 Å². The normalized spacial score (nSPS) is 9.15. The molecule has 0 unspecified atom stereocenters. The Morgan fingerprint density at radius 2 is 1.60 bits per heavy atom. The summed E-state index contributed by atoms with van der Waals surface area (Å²) in [4.78, 5) is 12.0. The summed E-state index contributed by atoms with van der Waals surface area (Å²) in [7, 11) is 3.12. The number of halogens is 2. The van der Waals surface area contributed by atoms with Crippen LogP contribution >= 0.6 is 24.8 Å². The predicted molar refractivity (Wildman–Crippen MR) is 82.2 cm³/mol. The number of aryl methyl sites for hydroxylation is 1. The summed E-state index contributed by atoms with van der Waals surface area (Å²) in [5.41, 5.74) is 1.08. The smallest absolute Gasteiger partial charge is 0.274 e. The van der Waals surface area contributed by atoms with Gasteiger partial charge < -0.3 is 9.47 Å². The average Bonchev–Trinajstić information content (AvgIpc) is 2.41. The van der Waals surface area contributed by atoms with Gasteiger partial charge in [-0.2, -0.15) is 9.78 Å². The van der Waals surface area contributed by atoms with Crippen LogP contribution < -0.4 is 15.0 Å². The number of hydrogen-bond donors (Lipinski definition) is 0. The zero-order valence-corrected chi connectivity index (χ0v) is 13.0. The lowest BCUT2D eigenvalue weighted by atomic mass is 10.2. The van der Waals surface area contributed by atoms with E-state index < -0.39 is 0 Å². The summed E-state index contributed by atoms with van der Waals surface area (Å²) in [5, 5.41) is 4.05. The maximum Gasteiger partial charge on any atom is 0.274 e. The van der Waals surface area contributed by atoms with Crippen molar-refractivity contribution >= 4 is 24.8 Å². The lowest BCUT2D eigenvalue weighted by Gasteiger charge is -2.09. The van der Waals surface area contributed by atoms with E-state index in [1.807, 2.05) is 0 Å². The lowest BCUT2D eigenvalue weighted by Crippen LogP contribution is -2.22. The first-order valence-corrected chi connectivity index (χ1v) is 5.44. The first kappa shape index (κ1) is 18.3. The highest BCUT2D eigenvalue weighted by Gasteiger charge is 2.07. The quantitative estimate of drug-likeness (QED) is 0.872. The van der Waals surface area contributed by atoms with Crippen LogP contribution in [0.5, 0.6) is 11.5 Å². The molecule has 0 atom stereocenters. The van der Waals surface area contributed by atoms with Crippen molar-refractivity contribution < 1.29 is 9.47 Å². The van der Waals surface area contributed by atoms with Gasteiger partial charge in [0.2, 0.25) is 0 Å². The molecule has 110 valence electrons. The van der Waals surface area contributed by atoms with Crippen LogP contribution in [0.2, 0.25) is 0 Å². The highest BCUT2D eigenvalue weighted by Crippen LogP contribution is 2.23. The van der Waals surface area contributed by atoms with Gasteiger partial charge in [0.25, 0.3) is 5.56 Å². The molecule has 1 heterocycles. The number of methoxy groups -OCH3 is 2. The molecule has 0 aliphatic heterocycles. The molecule has 2 aromatic rings. The van der Waals surface area contributed by atoms with Crippen molar-refractivity contribution in [2.24, 2.45) is 0 Å². The Morgan fingerprint density at radius 3 is 2.10 bits per heavy atom. The van der Waals surface area contributed by atoms with Gasteiger partial charge in [-0.1, -0.05) is 0 Å². The van der Waals surface area contributed by atoms with Crippen LogP contribution in [0.4, 0.5) is 0 Å². The van der Waals surface area contributed by atoms with E-state index in [-0.39, 0.29) is 30.4 Å². The summed E-state index contributed by atoms with van der Waals surface area (Å²) < 4.78 is 11.7. The third-order valence-corrected chi connectivity index (χ3v) is 2.62. The average molecular weight is 319 g/mol. The molecule has 0 fully saturated rings. The Bertz CT molecular complexity index is 607. The van der Waals surface area contributed by atoms with Crippen molar-refractivity contribution in [1.82, 2.24) is 9.78 Å². The molecule has 5 nitrogen and oxygen atoms in total. The van der Waals surface area contributed by atoms with Crippen molar-refractivity contribution in [3.8, 4) is 17.2 Å². The van der Waals surface area contributed by atoms with Crippen molar-refractivity contribution in [1.29, 1.82) is 0 Å². The third-order valence-electron chi connectivity index (χ3n) is 2.62. The van der Waals surface area contributed by atoms with Gasteiger partial charge in [-0.15, -0.1) is 24.8 Å². The summed E-state index contributed by atoms with van der Waals surface area (Å²) in [6, 6.07) is 6.88. The van der Waals surface area contributed by atoms with Gasteiger partial charge >= 0.3 is 0 Å². The molecule has 2 rings (SSSR count). The third kappa shape index (κ3) is 3.65. The van der Waals surface area contributed by atoms with Gasteiger partial charge in [0, 0.05) is 30.0 Å². The molecule has 1 aromatic carbocycles. The van der Waals surface area contributed by atoms with E-state index in [1.165, 1.54) is 4.68 Å². The second kappa shape index (κ2) is 7.77. The second-order valence-corrected chi connectivity index (χ2v) is 3.80. The Hall–Kier alpha value is -1.72. The Labute approximate surface area is 129 Å². The van der Waals surface area contributed by atoms with E-state index in [1.54, 1.807) is 51.6 Å². The zero-order valence-electron chi connectivity index (χ0n) is 11.3. The van der Waals surface area contributed by atoms with Crippen molar-refractivity contribution in [3.05, 3.63) is 46.4 Å². The fourth-order valence-corrected chi connectivity index (χ4v) is 1.60. The Kier molecular flexibility index (Phi) is 7.10. The number of ether oxygens (including phenoxy) is 2. The Morgan fingerprint density at radius 1 is 1.05 bits per heavy atom. The molecule has 0 aliphatic rings. The number of aromatic nitrogens is 2. The summed E-state index contributed by atoms with van der Waals surface area (Å²) >= 11 is 0. The van der Waals surface area contributed by atoms with E-state index in [4.69, 9.17) is 9.47 Å². The van der Waals surface area contributed by atoms with Crippen LogP contribution in [0, 0.1) is 6.92 Å². The van der Waals surface area contributed by atoms with E-state index in [2.05, 4.69) is 5.10 Å². The van der Waals surface area contributed by atoms with Gasteiger partial charge in [0.15, 0.2) is 0 Å². The number of nitrogens with zero attached hydrogens (tertiary/aromatic N) is 2. The van der Waals surface area contributed by atoms with Gasteiger partial charge in [0.05, 0.1) is 19.9 Å². The first-order chi connectivity index (χ1) is 8.65. The van der Waals surface area contributed by atoms with E-state index >= 15 is 0 Å². The Balaban J connectivity index is 0.00000180. The van der Waals surface area contributed by atoms with Crippen LogP contribution in [-0.2, 0) is 0 Å². The minimum absolute atomic E-state index is 0. The largest absolute Gasteiger partial charge is 0.497 e. The minimum atomic E-state index is -0.159. The van der Waals surface area contributed by atoms with Crippen molar-refractivity contribution in [3.63, 3.8) is 0 Å². The molecule has 7 heteroatoms. The van der Waals surface area contributed by atoms with Crippen LogP contribution in [-0.4, -0.2) is 24.0 Å². The van der Waals surface area contributed by atoms with Gasteiger partial charge in [-0.05, 0) is 13.0 Å². The highest BCUT2D eigenvalue weighted by atomic mass is 35.5. The zero-order chi connectivity index (χ0) is 13.1. The fourth-order valence-electron chi connectivity index (χ4n) is 1.60. The molecule has 0 spiro atoms. The topological polar surface area (TPSA) is 53.4 Å². The molecule has 0 bridgehead atoms. The van der Waals surface area contributed by atoms with E-state index in [0.29, 0.717) is 22.7 Å². The molecule has 0 N–H and O–H groups in total. The number of benzene rings is 1. The van der Waals surface area contributed by atoms with Crippen LogP contribution in [0.15, 0.2) is 35.3 Å². The maximum absolute atomic E-state index is 12.0. The number of rotatable bonds is 3. The van der Waals surface area contributed by atoms with Gasteiger partial charge in [-0.25, -0.2) is 0 Å². The molecule has 0 saturated carbocycles. The molecule has 0 radical (unpaired) electrons. The second-order valence-electron chi connectivity index (χ2n) is 3.80. The maximum atomic E-state index is 12.0. The molecule has 0 aliphatic carbocycles. The van der Waals surface area contributed by atoms with E-state index in [9.17, 15) is 4.79 Å². The molecular weight excluding hydrogens is 303 g/mol. The predicted octanol–water partition coefficient (Wildman–Crippen LogP) is 2.40. The van der Waals surface area contributed by atoms with Crippen molar-refractivity contribution in [2.75, 3.05) is 14.2 Å². The summed E-state index contributed by atoms with van der Waals surface area (Å²) in [6.07, 6.45) is 1.59. The molecule has 0 amide bonds.